The molecule has 1 unspecified atom stereocenters. The monoisotopic (exact) mass is 548 g/mol. The van der Waals surface area contributed by atoms with Crippen LogP contribution in [0.3, 0.4) is 0 Å². The van der Waals surface area contributed by atoms with Crippen molar-refractivity contribution in [1.82, 2.24) is 15.6 Å². The summed E-state index contributed by atoms with van der Waals surface area (Å²) in [6.45, 7) is 1.83. The zero-order chi connectivity index (χ0) is 19.9. The van der Waals surface area contributed by atoms with E-state index >= 15 is 0 Å². The van der Waals surface area contributed by atoms with Crippen molar-refractivity contribution in [2.45, 2.75) is 12.3 Å². The smallest absolute Gasteiger partial charge is 0.225 e. The highest BCUT2D eigenvalue weighted by Gasteiger charge is 2.24. The van der Waals surface area contributed by atoms with Crippen LogP contribution < -0.4 is 21.3 Å². The van der Waals surface area contributed by atoms with E-state index in [1.807, 2.05) is 24.3 Å². The third-order valence-corrected chi connectivity index (χ3v) is 4.86. The van der Waals surface area contributed by atoms with E-state index in [-0.39, 0.29) is 35.8 Å². The molecule has 29 heavy (non-hydrogen) atoms. The van der Waals surface area contributed by atoms with E-state index in [4.69, 9.17) is 23.2 Å². The van der Waals surface area contributed by atoms with E-state index in [2.05, 4.69) is 31.2 Å². The molecule has 0 saturated carbocycles. The number of hydrogen-bond donors (Lipinski definition) is 4. The number of halogens is 3. The number of carbonyl (C=O) groups is 1. The van der Waals surface area contributed by atoms with Gasteiger partial charge in [-0.15, -0.1) is 24.0 Å². The van der Waals surface area contributed by atoms with Crippen LogP contribution in [0, 0.1) is 0 Å². The highest BCUT2D eigenvalue weighted by molar-refractivity contribution is 14.0. The number of carbonyl (C=O) groups excluding carboxylic acids is 1. The maximum absolute atomic E-state index is 11.9. The van der Waals surface area contributed by atoms with Crippen LogP contribution in [0.2, 0.25) is 10.0 Å². The molecule has 0 bridgehead atoms. The molecule has 1 aliphatic heterocycles. The van der Waals surface area contributed by atoms with Crippen LogP contribution in [0.1, 0.15) is 17.9 Å². The molecule has 2 aromatic rings. The van der Waals surface area contributed by atoms with Crippen molar-refractivity contribution in [2.75, 3.05) is 37.3 Å². The van der Waals surface area contributed by atoms with Gasteiger partial charge in [-0.3, -0.25) is 9.79 Å². The summed E-state index contributed by atoms with van der Waals surface area (Å²) in [6.07, 6.45) is 1.99. The lowest BCUT2D eigenvalue weighted by Crippen LogP contribution is -2.42. The summed E-state index contributed by atoms with van der Waals surface area (Å²) < 4.78 is 0. The molecular weight excluding hydrogens is 526 g/mol. The van der Waals surface area contributed by atoms with Crippen molar-refractivity contribution >= 4 is 70.6 Å². The Bertz CT molecular complexity index is 880. The normalized spacial score (nSPS) is 15.6. The summed E-state index contributed by atoms with van der Waals surface area (Å²) in [6, 6.07) is 9.52. The Kier molecular flexibility index (Phi) is 9.25. The van der Waals surface area contributed by atoms with Gasteiger partial charge in [-0.2, -0.15) is 0 Å². The van der Waals surface area contributed by atoms with Crippen LogP contribution in [-0.4, -0.2) is 43.5 Å². The van der Waals surface area contributed by atoms with Crippen molar-refractivity contribution in [2.24, 2.45) is 4.99 Å². The minimum atomic E-state index is 0. The fraction of sp³-hybridized carbons (Fsp3) is 0.316. The molecule has 1 aromatic carbocycles. The SMILES string of the molecule is CN=C(NCCNc1ncc(Cl)cc1Cl)NCC1CC(=O)Nc2ccccc21.I. The molecule has 3 rings (SSSR count). The Labute approximate surface area is 197 Å². The van der Waals surface area contributed by atoms with Gasteiger partial charge in [0.2, 0.25) is 5.91 Å². The Morgan fingerprint density at radius 3 is 2.83 bits per heavy atom. The third-order valence-electron chi connectivity index (χ3n) is 4.36. The first kappa shape index (κ1) is 23.5. The van der Waals surface area contributed by atoms with Gasteiger partial charge in [-0.05, 0) is 17.7 Å². The fourth-order valence-corrected chi connectivity index (χ4v) is 3.48. The number of pyridine rings is 1. The number of amides is 1. The largest absolute Gasteiger partial charge is 0.367 e. The summed E-state index contributed by atoms with van der Waals surface area (Å²) in [5.41, 5.74) is 2.01. The van der Waals surface area contributed by atoms with Crippen molar-refractivity contribution < 1.29 is 4.79 Å². The Morgan fingerprint density at radius 2 is 2.07 bits per heavy atom. The van der Waals surface area contributed by atoms with Gasteiger partial charge in [0, 0.05) is 50.9 Å². The molecule has 10 heteroatoms. The highest BCUT2D eigenvalue weighted by Crippen LogP contribution is 2.31. The molecule has 0 fully saturated rings. The highest BCUT2D eigenvalue weighted by atomic mass is 127. The number of para-hydroxylation sites is 1. The van der Waals surface area contributed by atoms with E-state index in [9.17, 15) is 4.79 Å². The van der Waals surface area contributed by atoms with Gasteiger partial charge in [0.15, 0.2) is 5.96 Å². The minimum absolute atomic E-state index is 0. The second kappa shape index (κ2) is 11.4. The maximum atomic E-state index is 11.9. The maximum Gasteiger partial charge on any atom is 0.225 e. The van der Waals surface area contributed by atoms with Crippen molar-refractivity contribution in [3.63, 3.8) is 0 Å². The number of aromatic nitrogens is 1. The second-order valence-corrected chi connectivity index (χ2v) is 7.17. The number of hydrogen-bond acceptors (Lipinski definition) is 4. The molecule has 156 valence electrons. The van der Waals surface area contributed by atoms with Gasteiger partial charge in [0.25, 0.3) is 0 Å². The van der Waals surface area contributed by atoms with E-state index in [1.54, 1.807) is 19.3 Å². The standard InChI is InChI=1S/C19H22Cl2N6O.HI/c1-22-19(24-7-6-23-18-15(21)9-13(20)11-25-18)26-10-12-8-17(28)27-16-5-3-2-4-14(12)16;/h2-5,9,11-12H,6-8,10H2,1H3,(H,23,25)(H,27,28)(H2,22,24,26);1H. The quantitative estimate of drug-likeness (QED) is 0.191. The Balaban J connectivity index is 0.00000300. The number of aliphatic imine (C=N–C) groups is 1. The first-order chi connectivity index (χ1) is 13.6. The number of benzene rings is 1. The molecule has 1 atom stereocenters. The minimum Gasteiger partial charge on any atom is -0.367 e. The zero-order valence-electron chi connectivity index (χ0n) is 15.8. The Morgan fingerprint density at radius 1 is 1.28 bits per heavy atom. The number of guanidine groups is 1. The van der Waals surface area contributed by atoms with Crippen LogP contribution in [0.15, 0.2) is 41.5 Å². The average molecular weight is 549 g/mol. The van der Waals surface area contributed by atoms with Crippen molar-refractivity contribution in [1.29, 1.82) is 0 Å². The number of nitrogens with zero attached hydrogens (tertiary/aromatic N) is 2. The number of fused-ring (bicyclic) bond motifs is 1. The lowest BCUT2D eigenvalue weighted by molar-refractivity contribution is -0.116. The molecule has 0 saturated heterocycles. The van der Waals surface area contributed by atoms with Gasteiger partial charge in [-0.1, -0.05) is 41.4 Å². The molecular formula is C19H23Cl2IN6O. The molecule has 1 aliphatic rings. The molecule has 0 radical (unpaired) electrons. The van der Waals surface area contributed by atoms with Crippen LogP contribution in [0.5, 0.6) is 0 Å². The van der Waals surface area contributed by atoms with Crippen LogP contribution in [0.25, 0.3) is 0 Å². The Hall–Kier alpha value is -1.78. The average Bonchev–Trinajstić information content (AvgIpc) is 2.68. The molecule has 7 nitrogen and oxygen atoms in total. The van der Waals surface area contributed by atoms with E-state index in [0.717, 1.165) is 11.3 Å². The number of rotatable bonds is 6. The van der Waals surface area contributed by atoms with Crippen molar-refractivity contribution in [3.8, 4) is 0 Å². The lowest BCUT2D eigenvalue weighted by atomic mass is 9.90. The number of anilines is 2. The lowest BCUT2D eigenvalue weighted by Gasteiger charge is -2.26. The molecule has 1 aromatic heterocycles. The molecule has 2 heterocycles. The van der Waals surface area contributed by atoms with Crippen molar-refractivity contribution in [3.05, 3.63) is 52.1 Å². The van der Waals surface area contributed by atoms with E-state index in [1.165, 1.54) is 0 Å². The summed E-state index contributed by atoms with van der Waals surface area (Å²) in [5.74, 6) is 1.38. The van der Waals surface area contributed by atoms with Crippen LogP contribution >= 0.6 is 47.2 Å². The van der Waals surface area contributed by atoms with E-state index < -0.39 is 0 Å². The summed E-state index contributed by atoms with van der Waals surface area (Å²) in [5, 5.41) is 13.5. The molecule has 0 spiro atoms. The predicted molar refractivity (Wildman–Crippen MR) is 130 cm³/mol. The summed E-state index contributed by atoms with van der Waals surface area (Å²) in [7, 11) is 1.71. The predicted octanol–water partition coefficient (Wildman–Crippen LogP) is 3.71. The van der Waals surface area contributed by atoms with Gasteiger partial charge >= 0.3 is 0 Å². The van der Waals surface area contributed by atoms with Gasteiger partial charge in [0.1, 0.15) is 5.82 Å². The molecule has 1 amide bonds. The van der Waals surface area contributed by atoms with Crippen LogP contribution in [-0.2, 0) is 4.79 Å². The van der Waals surface area contributed by atoms with Gasteiger partial charge in [-0.25, -0.2) is 4.98 Å². The van der Waals surface area contributed by atoms with Gasteiger partial charge in [0.05, 0.1) is 10.0 Å². The van der Waals surface area contributed by atoms with Crippen LogP contribution in [0.4, 0.5) is 11.5 Å². The van der Waals surface area contributed by atoms with E-state index in [0.29, 0.717) is 47.9 Å². The first-order valence-electron chi connectivity index (χ1n) is 8.95. The van der Waals surface area contributed by atoms with Gasteiger partial charge < -0.3 is 21.3 Å². The summed E-state index contributed by atoms with van der Waals surface area (Å²) in [4.78, 5) is 20.3. The fourth-order valence-electron chi connectivity index (χ4n) is 3.03. The number of nitrogens with one attached hydrogen (secondary N) is 4. The summed E-state index contributed by atoms with van der Waals surface area (Å²) >= 11 is 11.9. The first-order valence-corrected chi connectivity index (χ1v) is 9.70. The molecule has 0 aliphatic carbocycles. The molecule has 4 N–H and O–H groups in total. The second-order valence-electron chi connectivity index (χ2n) is 6.33. The third kappa shape index (κ3) is 6.61. The zero-order valence-corrected chi connectivity index (χ0v) is 19.7. The topological polar surface area (TPSA) is 90.4 Å².